The van der Waals surface area contributed by atoms with Crippen LogP contribution >= 0.6 is 15.9 Å². The lowest BCUT2D eigenvalue weighted by Gasteiger charge is -2.10. The highest BCUT2D eigenvalue weighted by Gasteiger charge is 2.05. The van der Waals surface area contributed by atoms with Crippen LogP contribution in [0.15, 0.2) is 53.0 Å². The number of ether oxygens (including phenoxy) is 1. The SMILES string of the molecule is C[C@@H](N)c1cccc(OCC(=O)Nc2cccc(Br)c2)c1. The Hall–Kier alpha value is -1.85. The minimum atomic E-state index is -0.209. The standard InChI is InChI=1S/C16H17BrN2O2/c1-11(18)12-4-2-7-15(8-12)21-10-16(20)19-14-6-3-5-13(17)9-14/h2-9,11H,10,18H2,1H3,(H,19,20)/t11-/m1/s1. The second kappa shape index (κ2) is 7.24. The number of benzene rings is 2. The number of amides is 1. The Morgan fingerprint density at radius 1 is 1.29 bits per heavy atom. The molecule has 2 aromatic rings. The molecule has 5 heteroatoms. The Morgan fingerprint density at radius 2 is 2.05 bits per heavy atom. The van der Waals surface area contributed by atoms with Gasteiger partial charge < -0.3 is 15.8 Å². The summed E-state index contributed by atoms with van der Waals surface area (Å²) in [7, 11) is 0. The first-order valence-electron chi connectivity index (χ1n) is 6.58. The number of anilines is 1. The lowest BCUT2D eigenvalue weighted by Crippen LogP contribution is -2.20. The fourth-order valence-corrected chi connectivity index (χ4v) is 2.20. The largest absolute Gasteiger partial charge is 0.484 e. The summed E-state index contributed by atoms with van der Waals surface area (Å²) in [6, 6.07) is 14.8. The molecule has 0 heterocycles. The van der Waals surface area contributed by atoms with Crippen LogP contribution in [0.25, 0.3) is 0 Å². The van der Waals surface area contributed by atoms with E-state index in [0.717, 1.165) is 15.7 Å². The zero-order chi connectivity index (χ0) is 15.2. The maximum Gasteiger partial charge on any atom is 0.262 e. The number of halogens is 1. The Morgan fingerprint density at radius 3 is 2.76 bits per heavy atom. The van der Waals surface area contributed by atoms with Gasteiger partial charge in [0.15, 0.2) is 6.61 Å². The third-order valence-electron chi connectivity index (χ3n) is 2.86. The topological polar surface area (TPSA) is 64.3 Å². The molecule has 0 fully saturated rings. The second-order valence-corrected chi connectivity index (χ2v) is 5.62. The molecule has 21 heavy (non-hydrogen) atoms. The minimum absolute atomic E-state index is 0.0467. The van der Waals surface area contributed by atoms with Crippen LogP contribution in [-0.4, -0.2) is 12.5 Å². The molecular weight excluding hydrogens is 332 g/mol. The normalized spacial score (nSPS) is 11.8. The predicted molar refractivity (Wildman–Crippen MR) is 87.3 cm³/mol. The first-order chi connectivity index (χ1) is 10.0. The van der Waals surface area contributed by atoms with Gasteiger partial charge in [-0.3, -0.25) is 4.79 Å². The summed E-state index contributed by atoms with van der Waals surface area (Å²) in [4.78, 5) is 11.8. The van der Waals surface area contributed by atoms with Crippen molar-refractivity contribution in [3.8, 4) is 5.75 Å². The third-order valence-corrected chi connectivity index (χ3v) is 3.36. The van der Waals surface area contributed by atoms with E-state index in [1.54, 1.807) is 6.07 Å². The van der Waals surface area contributed by atoms with E-state index in [0.29, 0.717) is 5.75 Å². The van der Waals surface area contributed by atoms with Gasteiger partial charge in [-0.2, -0.15) is 0 Å². The average molecular weight is 349 g/mol. The van der Waals surface area contributed by atoms with Crippen LogP contribution in [0, 0.1) is 0 Å². The molecule has 0 bridgehead atoms. The van der Waals surface area contributed by atoms with Gasteiger partial charge >= 0.3 is 0 Å². The first-order valence-corrected chi connectivity index (χ1v) is 7.37. The van der Waals surface area contributed by atoms with Gasteiger partial charge in [0.2, 0.25) is 0 Å². The molecular formula is C16H17BrN2O2. The first kappa shape index (κ1) is 15.5. The summed E-state index contributed by atoms with van der Waals surface area (Å²) < 4.78 is 6.39. The van der Waals surface area contributed by atoms with E-state index >= 15 is 0 Å². The lowest BCUT2D eigenvalue weighted by atomic mass is 10.1. The van der Waals surface area contributed by atoms with E-state index < -0.39 is 0 Å². The van der Waals surface area contributed by atoms with E-state index in [-0.39, 0.29) is 18.6 Å². The van der Waals surface area contributed by atoms with Gasteiger partial charge in [-0.25, -0.2) is 0 Å². The van der Waals surface area contributed by atoms with Gasteiger partial charge in [0.1, 0.15) is 5.75 Å². The highest BCUT2D eigenvalue weighted by atomic mass is 79.9. The van der Waals surface area contributed by atoms with Crippen molar-refractivity contribution in [2.45, 2.75) is 13.0 Å². The summed E-state index contributed by atoms with van der Waals surface area (Å²) in [5.41, 5.74) is 7.51. The van der Waals surface area contributed by atoms with Crippen LogP contribution < -0.4 is 15.8 Å². The lowest BCUT2D eigenvalue weighted by molar-refractivity contribution is -0.118. The Bertz CT molecular complexity index is 629. The second-order valence-electron chi connectivity index (χ2n) is 4.71. The summed E-state index contributed by atoms with van der Waals surface area (Å²) in [5, 5.41) is 2.77. The molecule has 3 N–H and O–H groups in total. The van der Waals surface area contributed by atoms with Crippen molar-refractivity contribution in [2.75, 3.05) is 11.9 Å². The van der Waals surface area contributed by atoms with Crippen molar-refractivity contribution in [3.63, 3.8) is 0 Å². The maximum absolute atomic E-state index is 11.8. The van der Waals surface area contributed by atoms with Gasteiger partial charge in [-0.15, -0.1) is 0 Å². The van der Waals surface area contributed by atoms with Gasteiger partial charge in [0.05, 0.1) is 0 Å². The number of carbonyl (C=O) groups excluding carboxylic acids is 1. The van der Waals surface area contributed by atoms with Gasteiger partial charge in [-0.05, 0) is 42.8 Å². The zero-order valence-corrected chi connectivity index (χ0v) is 13.3. The molecule has 0 aliphatic carbocycles. The number of nitrogens with two attached hydrogens (primary N) is 1. The number of hydrogen-bond acceptors (Lipinski definition) is 3. The Kier molecular flexibility index (Phi) is 5.36. The summed E-state index contributed by atoms with van der Waals surface area (Å²) in [6.07, 6.45) is 0. The van der Waals surface area contributed by atoms with Gasteiger partial charge in [-0.1, -0.05) is 34.1 Å². The molecule has 0 unspecified atom stereocenters. The molecule has 2 rings (SSSR count). The third kappa shape index (κ3) is 4.88. The van der Waals surface area contributed by atoms with E-state index in [1.807, 2.05) is 49.4 Å². The van der Waals surface area contributed by atoms with Crippen LogP contribution in [0.3, 0.4) is 0 Å². The number of hydrogen-bond donors (Lipinski definition) is 2. The monoisotopic (exact) mass is 348 g/mol. The van der Waals surface area contributed by atoms with Crippen LogP contribution in [0.5, 0.6) is 5.75 Å². The van der Waals surface area contributed by atoms with Crippen molar-refractivity contribution >= 4 is 27.5 Å². The highest BCUT2D eigenvalue weighted by Crippen LogP contribution is 2.18. The predicted octanol–water partition coefficient (Wildman–Crippen LogP) is 3.49. The van der Waals surface area contributed by atoms with Crippen LogP contribution in [0.4, 0.5) is 5.69 Å². The average Bonchev–Trinajstić information content (AvgIpc) is 2.45. The summed E-state index contributed by atoms with van der Waals surface area (Å²) >= 11 is 3.35. The van der Waals surface area contributed by atoms with Crippen molar-refractivity contribution in [1.29, 1.82) is 0 Å². The van der Waals surface area contributed by atoms with Gasteiger partial charge in [0, 0.05) is 16.2 Å². The molecule has 110 valence electrons. The van der Waals surface area contributed by atoms with E-state index in [4.69, 9.17) is 10.5 Å². The fourth-order valence-electron chi connectivity index (χ4n) is 1.80. The molecule has 0 saturated heterocycles. The molecule has 0 saturated carbocycles. The smallest absolute Gasteiger partial charge is 0.262 e. The molecule has 1 atom stereocenters. The molecule has 2 aromatic carbocycles. The quantitative estimate of drug-likeness (QED) is 0.869. The molecule has 1 amide bonds. The van der Waals surface area contributed by atoms with Crippen LogP contribution in [-0.2, 0) is 4.79 Å². The van der Waals surface area contributed by atoms with E-state index in [9.17, 15) is 4.79 Å². The van der Waals surface area contributed by atoms with Gasteiger partial charge in [0.25, 0.3) is 5.91 Å². The summed E-state index contributed by atoms with van der Waals surface area (Å²) in [6.45, 7) is 1.86. The highest BCUT2D eigenvalue weighted by molar-refractivity contribution is 9.10. The molecule has 4 nitrogen and oxygen atoms in total. The van der Waals surface area contributed by atoms with Crippen molar-refractivity contribution in [2.24, 2.45) is 5.73 Å². The Balaban J connectivity index is 1.90. The molecule has 0 aromatic heterocycles. The molecule has 0 spiro atoms. The number of nitrogens with one attached hydrogen (secondary N) is 1. The van der Waals surface area contributed by atoms with Crippen molar-refractivity contribution < 1.29 is 9.53 Å². The summed E-state index contributed by atoms with van der Waals surface area (Å²) in [5.74, 6) is 0.425. The fraction of sp³-hybridized carbons (Fsp3) is 0.188. The van der Waals surface area contributed by atoms with E-state index in [2.05, 4.69) is 21.2 Å². The maximum atomic E-state index is 11.8. The molecule has 0 aliphatic rings. The number of rotatable bonds is 5. The number of carbonyl (C=O) groups is 1. The molecule has 0 aliphatic heterocycles. The Labute approximate surface area is 132 Å². The van der Waals surface area contributed by atoms with E-state index in [1.165, 1.54) is 0 Å². The van der Waals surface area contributed by atoms with Crippen LogP contribution in [0.1, 0.15) is 18.5 Å². The molecule has 0 radical (unpaired) electrons. The minimum Gasteiger partial charge on any atom is -0.484 e. The van der Waals surface area contributed by atoms with Crippen molar-refractivity contribution in [3.05, 3.63) is 58.6 Å². The zero-order valence-electron chi connectivity index (χ0n) is 11.7. The van der Waals surface area contributed by atoms with Crippen molar-refractivity contribution in [1.82, 2.24) is 0 Å². The van der Waals surface area contributed by atoms with Crippen LogP contribution in [0.2, 0.25) is 0 Å².